The van der Waals surface area contributed by atoms with Gasteiger partial charge >= 0.3 is 5.97 Å². The topological polar surface area (TPSA) is 49.3 Å². The van der Waals surface area contributed by atoms with Crippen LogP contribution in [-0.2, 0) is 6.54 Å². The molecule has 2 N–H and O–H groups in total. The fraction of sp³-hybridized carbons (Fsp3) is 0.133. The fourth-order valence-electron chi connectivity index (χ4n) is 1.92. The zero-order valence-corrected chi connectivity index (χ0v) is 10.5. The fourth-order valence-corrected chi connectivity index (χ4v) is 1.92. The summed E-state index contributed by atoms with van der Waals surface area (Å²) in [4.78, 5) is 11.1. The van der Waals surface area contributed by atoms with E-state index in [0.717, 1.165) is 5.56 Å². The lowest BCUT2D eigenvalue weighted by Gasteiger charge is -2.10. The van der Waals surface area contributed by atoms with E-state index in [-0.39, 0.29) is 11.4 Å². The summed E-state index contributed by atoms with van der Waals surface area (Å²) >= 11 is 0. The number of carboxylic acid groups (broad SMARTS) is 1. The van der Waals surface area contributed by atoms with Gasteiger partial charge in [-0.2, -0.15) is 0 Å². The SMILES string of the molecule is Cc1cc(F)cc(NCc2ccccc2C(=O)O)c1. The summed E-state index contributed by atoms with van der Waals surface area (Å²) in [6.07, 6.45) is 0. The van der Waals surface area contributed by atoms with Crippen molar-refractivity contribution in [3.05, 3.63) is 65.0 Å². The van der Waals surface area contributed by atoms with Gasteiger partial charge in [0.25, 0.3) is 0 Å². The van der Waals surface area contributed by atoms with Crippen LogP contribution < -0.4 is 5.32 Å². The summed E-state index contributed by atoms with van der Waals surface area (Å²) in [5.41, 5.74) is 2.37. The molecule has 0 radical (unpaired) electrons. The normalized spacial score (nSPS) is 10.2. The molecule has 0 bridgehead atoms. The van der Waals surface area contributed by atoms with Gasteiger partial charge in [-0.15, -0.1) is 0 Å². The van der Waals surface area contributed by atoms with Crippen LogP contribution in [0.2, 0.25) is 0 Å². The van der Waals surface area contributed by atoms with Crippen molar-refractivity contribution in [3.63, 3.8) is 0 Å². The molecule has 2 aromatic rings. The summed E-state index contributed by atoms with van der Waals surface area (Å²) in [5.74, 6) is -1.28. The number of rotatable bonds is 4. The van der Waals surface area contributed by atoms with Gasteiger partial charge in [0.15, 0.2) is 0 Å². The molecule has 0 unspecified atom stereocenters. The highest BCUT2D eigenvalue weighted by atomic mass is 19.1. The van der Waals surface area contributed by atoms with E-state index >= 15 is 0 Å². The third-order valence-electron chi connectivity index (χ3n) is 2.77. The molecule has 2 rings (SSSR count). The van der Waals surface area contributed by atoms with Crippen molar-refractivity contribution in [1.82, 2.24) is 0 Å². The first-order chi connectivity index (χ1) is 9.06. The number of halogens is 1. The molecule has 0 atom stereocenters. The molecule has 0 fully saturated rings. The van der Waals surface area contributed by atoms with Gasteiger partial charge in [0.2, 0.25) is 0 Å². The Hall–Kier alpha value is -2.36. The molecule has 0 spiro atoms. The third-order valence-corrected chi connectivity index (χ3v) is 2.77. The number of carboxylic acids is 1. The maximum absolute atomic E-state index is 13.2. The lowest BCUT2D eigenvalue weighted by Crippen LogP contribution is -2.07. The van der Waals surface area contributed by atoms with E-state index in [9.17, 15) is 9.18 Å². The van der Waals surface area contributed by atoms with Crippen LogP contribution in [-0.4, -0.2) is 11.1 Å². The molecule has 0 aliphatic heterocycles. The smallest absolute Gasteiger partial charge is 0.336 e. The van der Waals surface area contributed by atoms with Gasteiger partial charge < -0.3 is 10.4 Å². The molecule has 2 aromatic carbocycles. The Kier molecular flexibility index (Phi) is 3.80. The molecule has 3 nitrogen and oxygen atoms in total. The van der Waals surface area contributed by atoms with Crippen molar-refractivity contribution in [1.29, 1.82) is 0 Å². The van der Waals surface area contributed by atoms with Gasteiger partial charge in [-0.1, -0.05) is 18.2 Å². The lowest BCUT2D eigenvalue weighted by atomic mass is 10.1. The number of benzene rings is 2. The van der Waals surface area contributed by atoms with Gasteiger partial charge in [0.05, 0.1) is 5.56 Å². The van der Waals surface area contributed by atoms with Crippen LogP contribution in [0.4, 0.5) is 10.1 Å². The average Bonchev–Trinajstić information content (AvgIpc) is 2.35. The molecule has 0 heterocycles. The van der Waals surface area contributed by atoms with Crippen molar-refractivity contribution in [2.75, 3.05) is 5.32 Å². The third kappa shape index (κ3) is 3.31. The van der Waals surface area contributed by atoms with Gasteiger partial charge in [0.1, 0.15) is 5.82 Å². The first-order valence-corrected chi connectivity index (χ1v) is 5.88. The summed E-state index contributed by atoms with van der Waals surface area (Å²) in [7, 11) is 0. The van der Waals surface area contributed by atoms with E-state index in [0.29, 0.717) is 17.8 Å². The van der Waals surface area contributed by atoms with Crippen molar-refractivity contribution >= 4 is 11.7 Å². The van der Waals surface area contributed by atoms with Crippen molar-refractivity contribution < 1.29 is 14.3 Å². The van der Waals surface area contributed by atoms with Crippen LogP contribution in [0, 0.1) is 12.7 Å². The summed E-state index contributed by atoms with van der Waals surface area (Å²) in [6, 6.07) is 11.4. The Bertz CT molecular complexity index is 591. The van der Waals surface area contributed by atoms with Crippen LogP contribution in [0.3, 0.4) is 0 Å². The monoisotopic (exact) mass is 259 g/mol. The molecule has 98 valence electrons. The maximum Gasteiger partial charge on any atom is 0.336 e. The number of hydrogen-bond donors (Lipinski definition) is 2. The average molecular weight is 259 g/mol. The van der Waals surface area contributed by atoms with Crippen molar-refractivity contribution in [3.8, 4) is 0 Å². The zero-order valence-electron chi connectivity index (χ0n) is 10.5. The highest BCUT2D eigenvalue weighted by Crippen LogP contribution is 2.16. The van der Waals surface area contributed by atoms with Gasteiger partial charge in [-0.3, -0.25) is 0 Å². The van der Waals surface area contributed by atoms with Gasteiger partial charge in [0, 0.05) is 12.2 Å². The van der Waals surface area contributed by atoms with Crippen LogP contribution in [0.25, 0.3) is 0 Å². The zero-order chi connectivity index (χ0) is 13.8. The molecule has 19 heavy (non-hydrogen) atoms. The van der Waals surface area contributed by atoms with Crippen molar-refractivity contribution in [2.45, 2.75) is 13.5 Å². The lowest BCUT2D eigenvalue weighted by molar-refractivity contribution is 0.0696. The van der Waals surface area contributed by atoms with Crippen molar-refractivity contribution in [2.24, 2.45) is 0 Å². The molecule has 0 saturated carbocycles. The summed E-state index contributed by atoms with van der Waals surface area (Å²) in [6.45, 7) is 2.14. The maximum atomic E-state index is 13.2. The summed E-state index contributed by atoms with van der Waals surface area (Å²) in [5, 5.41) is 12.1. The van der Waals surface area contributed by atoms with Crippen LogP contribution in [0.1, 0.15) is 21.5 Å². The van der Waals surface area contributed by atoms with Crippen LogP contribution in [0.15, 0.2) is 42.5 Å². The Morgan fingerprint density at radius 1 is 1.26 bits per heavy atom. The quantitative estimate of drug-likeness (QED) is 0.884. The molecule has 4 heteroatoms. The Morgan fingerprint density at radius 2 is 2.00 bits per heavy atom. The van der Waals surface area contributed by atoms with E-state index in [2.05, 4.69) is 5.32 Å². The second kappa shape index (κ2) is 5.52. The van der Waals surface area contributed by atoms with E-state index < -0.39 is 5.97 Å². The van der Waals surface area contributed by atoms with E-state index in [1.165, 1.54) is 12.1 Å². The Morgan fingerprint density at radius 3 is 2.68 bits per heavy atom. The molecular formula is C15H14FNO2. The molecule has 0 aromatic heterocycles. The predicted molar refractivity (Wildman–Crippen MR) is 71.9 cm³/mol. The highest BCUT2D eigenvalue weighted by Gasteiger charge is 2.08. The van der Waals surface area contributed by atoms with Crippen LogP contribution in [0.5, 0.6) is 0 Å². The second-order valence-corrected chi connectivity index (χ2v) is 4.33. The summed E-state index contributed by atoms with van der Waals surface area (Å²) < 4.78 is 13.2. The van der Waals surface area contributed by atoms with Crippen LogP contribution >= 0.6 is 0 Å². The highest BCUT2D eigenvalue weighted by molar-refractivity contribution is 5.89. The number of aryl methyl sites for hydroxylation is 1. The van der Waals surface area contributed by atoms with Gasteiger partial charge in [-0.05, 0) is 42.3 Å². The number of hydrogen-bond acceptors (Lipinski definition) is 2. The second-order valence-electron chi connectivity index (χ2n) is 4.33. The molecule has 0 aliphatic rings. The number of nitrogens with one attached hydrogen (secondary N) is 1. The number of aromatic carboxylic acids is 1. The molecule has 0 amide bonds. The first-order valence-electron chi connectivity index (χ1n) is 5.88. The van der Waals surface area contributed by atoms with E-state index in [1.54, 1.807) is 31.2 Å². The number of anilines is 1. The van der Waals surface area contributed by atoms with E-state index in [4.69, 9.17) is 5.11 Å². The standard InChI is InChI=1S/C15H14FNO2/c1-10-6-12(16)8-13(7-10)17-9-11-4-2-3-5-14(11)15(18)19/h2-8,17H,9H2,1H3,(H,18,19). The minimum absolute atomic E-state index is 0.253. The largest absolute Gasteiger partial charge is 0.478 e. The molecule has 0 saturated heterocycles. The Balaban J connectivity index is 2.16. The predicted octanol–water partition coefficient (Wildman–Crippen LogP) is 3.44. The molecular weight excluding hydrogens is 245 g/mol. The van der Waals surface area contributed by atoms with Gasteiger partial charge in [-0.25, -0.2) is 9.18 Å². The first kappa shape index (κ1) is 13.1. The minimum Gasteiger partial charge on any atom is -0.478 e. The minimum atomic E-state index is -0.965. The Labute approximate surface area is 110 Å². The number of carbonyl (C=O) groups is 1. The van der Waals surface area contributed by atoms with E-state index in [1.807, 2.05) is 6.07 Å². The molecule has 0 aliphatic carbocycles.